The van der Waals surface area contributed by atoms with Gasteiger partial charge in [0, 0.05) is 6.42 Å². The molecule has 1 N–H and O–H groups in total. The van der Waals surface area contributed by atoms with Gasteiger partial charge in [0.05, 0.1) is 0 Å². The Bertz CT molecular complexity index is 239. The maximum Gasteiger partial charge on any atom is 0.303 e. The summed E-state index contributed by atoms with van der Waals surface area (Å²) < 4.78 is 0. The average Bonchev–Trinajstić information content (AvgIpc) is 2.01. The van der Waals surface area contributed by atoms with Gasteiger partial charge in [0.1, 0.15) is 0 Å². The molecule has 0 aromatic carbocycles. The lowest BCUT2D eigenvalue weighted by Gasteiger charge is -2.31. The largest absolute Gasteiger partial charge is 0.481 e. The SMILES string of the molecule is CC1(C)CCC/C(=C/CCC(=O)O)C1. The minimum atomic E-state index is -0.697. The van der Waals surface area contributed by atoms with Crippen LogP contribution in [0.5, 0.6) is 0 Å². The summed E-state index contributed by atoms with van der Waals surface area (Å²) in [6.07, 6.45) is 7.96. The summed E-state index contributed by atoms with van der Waals surface area (Å²) in [5.41, 5.74) is 1.88. The van der Waals surface area contributed by atoms with Crippen LogP contribution in [0.1, 0.15) is 52.4 Å². The zero-order valence-corrected chi connectivity index (χ0v) is 9.18. The molecule has 1 aliphatic rings. The van der Waals surface area contributed by atoms with Crippen LogP contribution in [0.15, 0.2) is 11.6 Å². The smallest absolute Gasteiger partial charge is 0.303 e. The number of aliphatic carboxylic acids is 1. The fraction of sp³-hybridized carbons (Fsp3) is 0.750. The monoisotopic (exact) mass is 196 g/mol. The van der Waals surface area contributed by atoms with Gasteiger partial charge in [-0.3, -0.25) is 4.79 Å². The number of rotatable bonds is 3. The molecular formula is C12H20O2. The molecule has 0 saturated heterocycles. The highest BCUT2D eigenvalue weighted by Gasteiger charge is 2.23. The van der Waals surface area contributed by atoms with Crippen LogP contribution in [0, 0.1) is 5.41 Å². The zero-order valence-electron chi connectivity index (χ0n) is 9.18. The van der Waals surface area contributed by atoms with E-state index in [2.05, 4.69) is 19.9 Å². The highest BCUT2D eigenvalue weighted by molar-refractivity contribution is 5.66. The van der Waals surface area contributed by atoms with Crippen LogP contribution in [-0.4, -0.2) is 11.1 Å². The van der Waals surface area contributed by atoms with E-state index in [-0.39, 0.29) is 6.42 Å². The van der Waals surface area contributed by atoms with E-state index in [4.69, 9.17) is 5.11 Å². The Balaban J connectivity index is 2.40. The molecular weight excluding hydrogens is 176 g/mol. The van der Waals surface area contributed by atoms with Crippen molar-refractivity contribution in [1.82, 2.24) is 0 Å². The molecule has 0 unspecified atom stereocenters. The Labute approximate surface area is 86.0 Å². The summed E-state index contributed by atoms with van der Waals surface area (Å²) in [4.78, 5) is 10.3. The van der Waals surface area contributed by atoms with Crippen molar-refractivity contribution in [3.05, 3.63) is 11.6 Å². The third kappa shape index (κ3) is 3.95. The van der Waals surface area contributed by atoms with Gasteiger partial charge in [-0.15, -0.1) is 0 Å². The fourth-order valence-electron chi connectivity index (χ4n) is 2.16. The van der Waals surface area contributed by atoms with Gasteiger partial charge in [0.25, 0.3) is 0 Å². The van der Waals surface area contributed by atoms with E-state index in [9.17, 15) is 4.79 Å². The van der Waals surface area contributed by atoms with Crippen molar-refractivity contribution in [2.45, 2.75) is 52.4 Å². The Morgan fingerprint density at radius 2 is 2.29 bits per heavy atom. The fourth-order valence-corrected chi connectivity index (χ4v) is 2.16. The molecule has 0 aromatic rings. The van der Waals surface area contributed by atoms with Crippen molar-refractivity contribution >= 4 is 5.97 Å². The van der Waals surface area contributed by atoms with E-state index in [0.717, 1.165) is 6.42 Å². The van der Waals surface area contributed by atoms with Crippen molar-refractivity contribution in [2.24, 2.45) is 5.41 Å². The van der Waals surface area contributed by atoms with E-state index >= 15 is 0 Å². The van der Waals surface area contributed by atoms with Crippen molar-refractivity contribution < 1.29 is 9.90 Å². The first-order valence-corrected chi connectivity index (χ1v) is 5.39. The van der Waals surface area contributed by atoms with Crippen LogP contribution in [0.4, 0.5) is 0 Å². The number of carboxylic acids is 1. The molecule has 1 rings (SSSR count). The number of hydrogen-bond donors (Lipinski definition) is 1. The van der Waals surface area contributed by atoms with Crippen LogP contribution < -0.4 is 0 Å². The lowest BCUT2D eigenvalue weighted by atomic mass is 9.75. The van der Waals surface area contributed by atoms with E-state index < -0.39 is 5.97 Å². The predicted molar refractivity (Wildman–Crippen MR) is 57.2 cm³/mol. The topological polar surface area (TPSA) is 37.3 Å². The number of allylic oxidation sites excluding steroid dienone is 2. The minimum Gasteiger partial charge on any atom is -0.481 e. The van der Waals surface area contributed by atoms with Crippen LogP contribution in [0.2, 0.25) is 0 Å². The normalized spacial score (nSPS) is 23.7. The molecule has 0 aliphatic heterocycles. The molecule has 1 fully saturated rings. The molecule has 0 amide bonds. The molecule has 1 aliphatic carbocycles. The van der Waals surface area contributed by atoms with E-state index in [1.165, 1.54) is 24.8 Å². The van der Waals surface area contributed by atoms with Gasteiger partial charge in [-0.1, -0.05) is 25.5 Å². The summed E-state index contributed by atoms with van der Waals surface area (Å²) in [5.74, 6) is -0.697. The molecule has 0 bridgehead atoms. The van der Waals surface area contributed by atoms with Crippen molar-refractivity contribution in [3.8, 4) is 0 Å². The van der Waals surface area contributed by atoms with Crippen LogP contribution in [0.25, 0.3) is 0 Å². The second kappa shape index (κ2) is 4.63. The van der Waals surface area contributed by atoms with E-state index in [1.54, 1.807) is 0 Å². The van der Waals surface area contributed by atoms with Crippen LogP contribution in [-0.2, 0) is 4.79 Å². The average molecular weight is 196 g/mol. The second-order valence-electron chi connectivity index (χ2n) is 4.99. The predicted octanol–water partition coefficient (Wildman–Crippen LogP) is 3.38. The molecule has 0 heterocycles. The lowest BCUT2D eigenvalue weighted by molar-refractivity contribution is -0.136. The highest BCUT2D eigenvalue weighted by Crippen LogP contribution is 2.38. The first-order valence-electron chi connectivity index (χ1n) is 5.39. The Kier molecular flexibility index (Phi) is 3.73. The van der Waals surface area contributed by atoms with Crippen molar-refractivity contribution in [1.29, 1.82) is 0 Å². The Morgan fingerprint density at radius 1 is 1.57 bits per heavy atom. The van der Waals surface area contributed by atoms with Crippen molar-refractivity contribution in [3.63, 3.8) is 0 Å². The first-order chi connectivity index (χ1) is 6.49. The summed E-state index contributed by atoms with van der Waals surface area (Å²) >= 11 is 0. The summed E-state index contributed by atoms with van der Waals surface area (Å²) in [7, 11) is 0. The molecule has 0 radical (unpaired) electrons. The molecule has 0 atom stereocenters. The molecule has 80 valence electrons. The molecule has 0 spiro atoms. The molecule has 0 aromatic heterocycles. The van der Waals surface area contributed by atoms with E-state index in [1.807, 2.05) is 0 Å². The second-order valence-corrected chi connectivity index (χ2v) is 4.99. The first kappa shape index (κ1) is 11.3. The molecule has 2 heteroatoms. The van der Waals surface area contributed by atoms with Crippen molar-refractivity contribution in [2.75, 3.05) is 0 Å². The molecule has 2 nitrogen and oxygen atoms in total. The van der Waals surface area contributed by atoms with Crippen LogP contribution in [0.3, 0.4) is 0 Å². The van der Waals surface area contributed by atoms with Gasteiger partial charge in [0.15, 0.2) is 0 Å². The maximum absolute atomic E-state index is 10.3. The number of hydrogen-bond acceptors (Lipinski definition) is 1. The standard InChI is InChI=1S/C12H20O2/c1-12(2)8-4-6-10(9-12)5-3-7-11(13)14/h5H,3-4,6-9H2,1-2H3,(H,13,14)/b10-5-. The maximum atomic E-state index is 10.3. The highest BCUT2D eigenvalue weighted by atomic mass is 16.4. The minimum absolute atomic E-state index is 0.268. The van der Waals surface area contributed by atoms with E-state index in [0.29, 0.717) is 11.8 Å². The summed E-state index contributed by atoms with van der Waals surface area (Å²) in [6.45, 7) is 4.58. The lowest BCUT2D eigenvalue weighted by Crippen LogP contribution is -2.17. The van der Waals surface area contributed by atoms with Gasteiger partial charge >= 0.3 is 5.97 Å². The summed E-state index contributed by atoms with van der Waals surface area (Å²) in [6, 6.07) is 0. The van der Waals surface area contributed by atoms with Gasteiger partial charge < -0.3 is 5.11 Å². The summed E-state index contributed by atoms with van der Waals surface area (Å²) in [5, 5.41) is 8.52. The third-order valence-electron chi connectivity index (χ3n) is 2.85. The van der Waals surface area contributed by atoms with Gasteiger partial charge in [0.2, 0.25) is 0 Å². The zero-order chi connectivity index (χ0) is 10.6. The molecule has 14 heavy (non-hydrogen) atoms. The number of carbonyl (C=O) groups is 1. The Morgan fingerprint density at radius 3 is 2.86 bits per heavy atom. The van der Waals surface area contributed by atoms with Gasteiger partial charge in [-0.05, 0) is 37.5 Å². The third-order valence-corrected chi connectivity index (χ3v) is 2.85. The molecule has 1 saturated carbocycles. The van der Waals surface area contributed by atoms with Gasteiger partial charge in [-0.25, -0.2) is 0 Å². The van der Waals surface area contributed by atoms with Gasteiger partial charge in [-0.2, -0.15) is 0 Å². The quantitative estimate of drug-likeness (QED) is 0.702. The number of carboxylic acid groups (broad SMARTS) is 1. The Hall–Kier alpha value is -0.790. The van der Waals surface area contributed by atoms with Crippen LogP contribution >= 0.6 is 0 Å².